The highest BCUT2D eigenvalue weighted by atomic mass is 32.2. The second kappa shape index (κ2) is 6.20. The van der Waals surface area contributed by atoms with Crippen LogP contribution in [0.5, 0.6) is 0 Å². The van der Waals surface area contributed by atoms with Gasteiger partial charge in [-0.25, -0.2) is 17.5 Å². The number of aryl methyl sites for hydroxylation is 1. The van der Waals surface area contributed by atoms with Crippen molar-refractivity contribution in [1.82, 2.24) is 10.0 Å². The summed E-state index contributed by atoms with van der Waals surface area (Å²) in [5, 5.41) is 3.02. The summed E-state index contributed by atoms with van der Waals surface area (Å²) >= 11 is 0. The van der Waals surface area contributed by atoms with Crippen molar-refractivity contribution in [2.24, 2.45) is 0 Å². The molecular formula is C14H21FN2O2S. The van der Waals surface area contributed by atoms with E-state index in [2.05, 4.69) is 10.0 Å². The fraction of sp³-hybridized carbons (Fsp3) is 0.571. The second-order valence-electron chi connectivity index (χ2n) is 5.24. The third-order valence-corrected chi connectivity index (χ3v) is 5.11. The van der Waals surface area contributed by atoms with Crippen molar-refractivity contribution in [2.45, 2.75) is 50.6 Å². The molecule has 4 nitrogen and oxygen atoms in total. The second-order valence-corrected chi connectivity index (χ2v) is 6.96. The van der Waals surface area contributed by atoms with Crippen molar-refractivity contribution >= 4 is 10.0 Å². The van der Waals surface area contributed by atoms with E-state index in [1.165, 1.54) is 12.1 Å². The van der Waals surface area contributed by atoms with E-state index in [-0.39, 0.29) is 16.8 Å². The lowest BCUT2D eigenvalue weighted by molar-refractivity contribution is 0.383. The van der Waals surface area contributed by atoms with Crippen LogP contribution < -0.4 is 10.0 Å². The van der Waals surface area contributed by atoms with Crippen molar-refractivity contribution < 1.29 is 12.8 Å². The molecule has 0 bridgehead atoms. The van der Waals surface area contributed by atoms with Crippen LogP contribution in [0.2, 0.25) is 0 Å². The molecule has 2 rings (SSSR count). The van der Waals surface area contributed by atoms with Gasteiger partial charge in [-0.15, -0.1) is 0 Å². The van der Waals surface area contributed by atoms with Gasteiger partial charge < -0.3 is 5.32 Å². The summed E-state index contributed by atoms with van der Waals surface area (Å²) in [5.74, 6) is -0.339. The smallest absolute Gasteiger partial charge is 0.240 e. The van der Waals surface area contributed by atoms with Crippen LogP contribution in [-0.2, 0) is 16.6 Å². The number of rotatable bonds is 6. The van der Waals surface area contributed by atoms with Gasteiger partial charge in [0.1, 0.15) is 5.82 Å². The first-order valence-corrected chi connectivity index (χ1v) is 8.44. The number of sulfonamides is 1. The Labute approximate surface area is 119 Å². The average molecular weight is 300 g/mol. The largest absolute Gasteiger partial charge is 0.313 e. The van der Waals surface area contributed by atoms with Gasteiger partial charge in [-0.1, -0.05) is 13.3 Å². The SMILES string of the molecule is CCNCc1cc(S(=O)(=O)NC2CCC2)cc(C)c1F. The van der Waals surface area contributed by atoms with Gasteiger partial charge in [0.2, 0.25) is 10.0 Å². The number of hydrogen-bond donors (Lipinski definition) is 2. The molecule has 0 atom stereocenters. The summed E-state index contributed by atoms with van der Waals surface area (Å²) in [6.45, 7) is 4.54. The predicted molar refractivity (Wildman–Crippen MR) is 76.5 cm³/mol. The maximum atomic E-state index is 14.0. The van der Waals surface area contributed by atoms with Crippen molar-refractivity contribution in [1.29, 1.82) is 0 Å². The molecule has 112 valence electrons. The first-order valence-electron chi connectivity index (χ1n) is 6.96. The van der Waals surface area contributed by atoms with Gasteiger partial charge in [0.05, 0.1) is 4.90 Å². The van der Waals surface area contributed by atoms with Crippen molar-refractivity contribution in [3.8, 4) is 0 Å². The first-order chi connectivity index (χ1) is 9.44. The minimum absolute atomic E-state index is 0.0302. The molecule has 2 N–H and O–H groups in total. The van der Waals surface area contributed by atoms with Crippen molar-refractivity contribution in [3.63, 3.8) is 0 Å². The third-order valence-electron chi connectivity index (χ3n) is 3.61. The van der Waals surface area contributed by atoms with Gasteiger partial charge in [-0.05, 0) is 44.0 Å². The van der Waals surface area contributed by atoms with Gasteiger partial charge in [0, 0.05) is 18.2 Å². The summed E-state index contributed by atoms with van der Waals surface area (Å²) in [4.78, 5) is 0.149. The van der Waals surface area contributed by atoms with E-state index in [9.17, 15) is 12.8 Å². The highest BCUT2D eigenvalue weighted by molar-refractivity contribution is 7.89. The molecule has 0 amide bonds. The van der Waals surface area contributed by atoms with E-state index >= 15 is 0 Å². The van der Waals surface area contributed by atoms with Crippen LogP contribution in [0.15, 0.2) is 17.0 Å². The van der Waals surface area contributed by atoms with E-state index in [0.717, 1.165) is 19.3 Å². The van der Waals surface area contributed by atoms with Crippen molar-refractivity contribution in [2.75, 3.05) is 6.54 Å². The number of benzene rings is 1. The van der Waals surface area contributed by atoms with E-state index in [1.807, 2.05) is 6.92 Å². The molecule has 1 aliphatic carbocycles. The summed E-state index contributed by atoms with van der Waals surface area (Å²) in [6, 6.07) is 2.85. The van der Waals surface area contributed by atoms with E-state index < -0.39 is 10.0 Å². The Balaban J connectivity index is 2.28. The van der Waals surface area contributed by atoms with Crippen LogP contribution in [0.25, 0.3) is 0 Å². The fourth-order valence-electron chi connectivity index (χ4n) is 2.16. The molecule has 20 heavy (non-hydrogen) atoms. The molecular weight excluding hydrogens is 279 g/mol. The molecule has 0 radical (unpaired) electrons. The average Bonchev–Trinajstić information content (AvgIpc) is 2.35. The zero-order valence-corrected chi connectivity index (χ0v) is 12.7. The Morgan fingerprint density at radius 1 is 1.35 bits per heavy atom. The van der Waals surface area contributed by atoms with Crippen LogP contribution in [-0.4, -0.2) is 21.0 Å². The highest BCUT2D eigenvalue weighted by Gasteiger charge is 2.25. The standard InChI is InChI=1S/C14H21FN2O2S/c1-3-16-9-11-8-13(7-10(2)14(11)15)20(18,19)17-12-5-4-6-12/h7-8,12,16-17H,3-6,9H2,1-2H3. The Morgan fingerprint density at radius 2 is 2.05 bits per heavy atom. The highest BCUT2D eigenvalue weighted by Crippen LogP contribution is 2.23. The molecule has 1 aromatic rings. The lowest BCUT2D eigenvalue weighted by Gasteiger charge is -2.26. The lowest BCUT2D eigenvalue weighted by atomic mass is 9.94. The van der Waals surface area contributed by atoms with Crippen LogP contribution >= 0.6 is 0 Å². The number of hydrogen-bond acceptors (Lipinski definition) is 3. The van der Waals surface area contributed by atoms with Crippen LogP contribution in [0.1, 0.15) is 37.3 Å². The molecule has 0 aliphatic heterocycles. The summed E-state index contributed by atoms with van der Waals surface area (Å²) in [7, 11) is -3.55. The third kappa shape index (κ3) is 3.37. The summed E-state index contributed by atoms with van der Waals surface area (Å²) < 4.78 is 41.2. The molecule has 0 spiro atoms. The Bertz CT molecular complexity index is 583. The number of halogens is 1. The molecule has 0 saturated heterocycles. The topological polar surface area (TPSA) is 58.2 Å². The van der Waals surface area contributed by atoms with Crippen LogP contribution in [0.3, 0.4) is 0 Å². The molecule has 0 unspecified atom stereocenters. The zero-order valence-electron chi connectivity index (χ0n) is 11.9. The molecule has 1 aromatic carbocycles. The van der Waals surface area contributed by atoms with E-state index in [0.29, 0.717) is 24.2 Å². The quantitative estimate of drug-likeness (QED) is 0.845. The van der Waals surface area contributed by atoms with Gasteiger partial charge >= 0.3 is 0 Å². The minimum Gasteiger partial charge on any atom is -0.313 e. The zero-order chi connectivity index (χ0) is 14.8. The van der Waals surface area contributed by atoms with E-state index in [4.69, 9.17) is 0 Å². The van der Waals surface area contributed by atoms with Crippen LogP contribution in [0, 0.1) is 12.7 Å². The maximum Gasteiger partial charge on any atom is 0.240 e. The lowest BCUT2D eigenvalue weighted by Crippen LogP contribution is -2.39. The van der Waals surface area contributed by atoms with Gasteiger partial charge in [0.15, 0.2) is 0 Å². The molecule has 0 aromatic heterocycles. The van der Waals surface area contributed by atoms with Gasteiger partial charge in [-0.2, -0.15) is 0 Å². The predicted octanol–water partition coefficient (Wildman–Crippen LogP) is 2.07. The monoisotopic (exact) mass is 300 g/mol. The Kier molecular flexibility index (Phi) is 4.78. The summed E-state index contributed by atoms with van der Waals surface area (Å²) in [5.41, 5.74) is 0.746. The Morgan fingerprint density at radius 3 is 2.60 bits per heavy atom. The van der Waals surface area contributed by atoms with Crippen LogP contribution in [0.4, 0.5) is 4.39 Å². The fourth-order valence-corrected chi connectivity index (χ4v) is 3.60. The molecule has 1 fully saturated rings. The molecule has 1 aliphatic rings. The molecule has 6 heteroatoms. The first kappa shape index (κ1) is 15.4. The number of nitrogens with one attached hydrogen (secondary N) is 2. The van der Waals surface area contributed by atoms with Gasteiger partial charge in [0.25, 0.3) is 0 Å². The maximum absolute atomic E-state index is 14.0. The molecule has 1 saturated carbocycles. The Hall–Kier alpha value is -0.980. The van der Waals surface area contributed by atoms with Crippen molar-refractivity contribution in [3.05, 3.63) is 29.1 Å². The van der Waals surface area contributed by atoms with Gasteiger partial charge in [-0.3, -0.25) is 0 Å². The molecule has 0 heterocycles. The normalized spacial score (nSPS) is 16.1. The van der Waals surface area contributed by atoms with E-state index in [1.54, 1.807) is 6.92 Å². The summed E-state index contributed by atoms with van der Waals surface area (Å²) in [6.07, 6.45) is 2.81. The minimum atomic E-state index is -3.55.